The molecule has 0 amide bonds. The number of carbonyl (C=O) groups is 2. The molecule has 0 aromatic rings. The Labute approximate surface area is 316 Å². The van der Waals surface area contributed by atoms with E-state index in [1.54, 1.807) is 0 Å². The second-order valence-corrected chi connectivity index (χ2v) is 14.8. The van der Waals surface area contributed by atoms with E-state index in [-0.39, 0.29) is 38.7 Å². The first-order chi connectivity index (χ1) is 25.2. The summed E-state index contributed by atoms with van der Waals surface area (Å²) in [6.45, 7) is 3.49. The van der Waals surface area contributed by atoms with Gasteiger partial charge in [-0.3, -0.25) is 18.6 Å². The fraction of sp³-hybridized carbons (Fsp3) is 0.756. The van der Waals surface area contributed by atoms with E-state index in [1.165, 1.54) is 57.8 Å². The Balaban J connectivity index is 4.32. The van der Waals surface area contributed by atoms with E-state index in [0.29, 0.717) is 19.3 Å². The Morgan fingerprint density at radius 3 is 1.75 bits per heavy atom. The lowest BCUT2D eigenvalue weighted by molar-refractivity contribution is -0.161. The van der Waals surface area contributed by atoms with Gasteiger partial charge in [-0.1, -0.05) is 152 Å². The van der Waals surface area contributed by atoms with Gasteiger partial charge < -0.3 is 25.2 Å². The topological polar surface area (TPSA) is 155 Å². The third kappa shape index (κ3) is 36.3. The molecule has 3 atom stereocenters. The highest BCUT2D eigenvalue weighted by Crippen LogP contribution is 2.43. The average Bonchev–Trinajstić information content (AvgIpc) is 3.13. The standard InChI is InChI=1S/C41H74NO9P/c1-3-5-7-8-9-10-11-12-17-20-23-26-29-33-41(45)51-39(37-50-52(46,47)49-35-34-42)36-48-40(44)32-28-25-22-19-16-14-13-15-18-21-24-27-31-38(43)30-6-4-2/h13-14,18-19,21-22,27,31,38-39,43H,3-12,15-17,20,23-26,28-30,32-37,42H2,1-2H3,(H,46,47)/b14-13-,21-18-,22-19-,31-27-/t38-,39+/m0/s1. The monoisotopic (exact) mass is 756 g/mol. The summed E-state index contributed by atoms with van der Waals surface area (Å²) in [6.07, 6.45) is 37.7. The van der Waals surface area contributed by atoms with Crippen molar-refractivity contribution in [2.24, 2.45) is 5.73 Å². The number of rotatable bonds is 37. The van der Waals surface area contributed by atoms with Gasteiger partial charge in [-0.05, 0) is 44.9 Å². The molecule has 0 saturated carbocycles. The number of ether oxygens (including phenoxy) is 2. The van der Waals surface area contributed by atoms with Gasteiger partial charge in [-0.15, -0.1) is 0 Å². The second kappa shape index (κ2) is 37.3. The molecule has 302 valence electrons. The first-order valence-electron chi connectivity index (χ1n) is 20.2. The minimum Gasteiger partial charge on any atom is -0.462 e. The fourth-order valence-corrected chi connectivity index (χ4v) is 6.00. The van der Waals surface area contributed by atoms with Gasteiger partial charge in [0.15, 0.2) is 6.10 Å². The molecule has 0 radical (unpaired) electrons. The number of aliphatic hydroxyl groups is 1. The van der Waals surface area contributed by atoms with Crippen molar-refractivity contribution in [3.05, 3.63) is 48.6 Å². The van der Waals surface area contributed by atoms with Gasteiger partial charge in [-0.2, -0.15) is 0 Å². The molecule has 4 N–H and O–H groups in total. The van der Waals surface area contributed by atoms with Crippen molar-refractivity contribution >= 4 is 19.8 Å². The number of hydrogen-bond donors (Lipinski definition) is 3. The number of aliphatic hydroxyl groups excluding tert-OH is 1. The molecule has 10 nitrogen and oxygen atoms in total. The lowest BCUT2D eigenvalue weighted by atomic mass is 10.0. The predicted molar refractivity (Wildman–Crippen MR) is 212 cm³/mol. The van der Waals surface area contributed by atoms with Gasteiger partial charge in [0.25, 0.3) is 0 Å². The first kappa shape index (κ1) is 49.9. The number of phosphoric ester groups is 1. The molecular weight excluding hydrogens is 681 g/mol. The van der Waals surface area contributed by atoms with Gasteiger partial charge in [0, 0.05) is 19.4 Å². The zero-order chi connectivity index (χ0) is 38.4. The Hall–Kier alpha value is -2.07. The number of nitrogens with two attached hydrogens (primary N) is 1. The van der Waals surface area contributed by atoms with Crippen LogP contribution in [0.1, 0.15) is 162 Å². The quantitative estimate of drug-likeness (QED) is 0.0241. The zero-order valence-corrected chi connectivity index (χ0v) is 33.5. The molecule has 0 rings (SSSR count). The van der Waals surface area contributed by atoms with Crippen LogP contribution in [0.15, 0.2) is 48.6 Å². The lowest BCUT2D eigenvalue weighted by Crippen LogP contribution is -2.29. The van der Waals surface area contributed by atoms with E-state index in [9.17, 15) is 24.2 Å². The van der Waals surface area contributed by atoms with E-state index in [0.717, 1.165) is 57.8 Å². The van der Waals surface area contributed by atoms with E-state index >= 15 is 0 Å². The Kier molecular flexibility index (Phi) is 35.8. The normalized spacial score (nSPS) is 14.5. The summed E-state index contributed by atoms with van der Waals surface area (Å²) in [5.41, 5.74) is 5.33. The van der Waals surface area contributed by atoms with Crippen LogP contribution in [0.2, 0.25) is 0 Å². The van der Waals surface area contributed by atoms with Gasteiger partial charge in [0.1, 0.15) is 6.61 Å². The van der Waals surface area contributed by atoms with Crippen molar-refractivity contribution in [2.75, 3.05) is 26.4 Å². The largest absolute Gasteiger partial charge is 0.472 e. The van der Waals surface area contributed by atoms with Crippen LogP contribution < -0.4 is 5.73 Å². The summed E-state index contributed by atoms with van der Waals surface area (Å²) in [7, 11) is -4.39. The van der Waals surface area contributed by atoms with Crippen LogP contribution >= 0.6 is 7.82 Å². The highest BCUT2D eigenvalue weighted by Gasteiger charge is 2.25. The summed E-state index contributed by atoms with van der Waals surface area (Å²) in [5, 5.41) is 9.80. The van der Waals surface area contributed by atoms with E-state index in [4.69, 9.17) is 24.3 Å². The fourth-order valence-electron chi connectivity index (χ4n) is 5.23. The van der Waals surface area contributed by atoms with Crippen LogP contribution in [0.4, 0.5) is 0 Å². The van der Waals surface area contributed by atoms with E-state index < -0.39 is 32.5 Å². The minimum atomic E-state index is -4.39. The molecule has 0 spiro atoms. The Bertz CT molecular complexity index is 1010. The highest BCUT2D eigenvalue weighted by molar-refractivity contribution is 7.47. The molecule has 52 heavy (non-hydrogen) atoms. The lowest BCUT2D eigenvalue weighted by Gasteiger charge is -2.19. The third-order valence-electron chi connectivity index (χ3n) is 8.29. The van der Waals surface area contributed by atoms with Gasteiger partial charge in [0.2, 0.25) is 0 Å². The van der Waals surface area contributed by atoms with E-state index in [2.05, 4.69) is 44.2 Å². The minimum absolute atomic E-state index is 0.0394. The number of phosphoric acid groups is 1. The average molecular weight is 756 g/mol. The SMILES string of the molecule is CCCCCCCCCCCCCCCC(=O)O[C@H](COC(=O)CCC/C=C\C/C=C\C/C=C\C/C=C\[C@@H](O)CCCC)COP(=O)(O)OCCN. The Morgan fingerprint density at radius 2 is 1.17 bits per heavy atom. The maximum absolute atomic E-state index is 12.5. The van der Waals surface area contributed by atoms with Crippen LogP contribution in [0, 0.1) is 0 Å². The summed E-state index contributed by atoms with van der Waals surface area (Å²) < 4.78 is 32.6. The number of esters is 2. The van der Waals surface area contributed by atoms with Crippen LogP contribution in [-0.2, 0) is 32.7 Å². The predicted octanol–water partition coefficient (Wildman–Crippen LogP) is 10.1. The molecule has 0 heterocycles. The smallest absolute Gasteiger partial charge is 0.462 e. The second-order valence-electron chi connectivity index (χ2n) is 13.3. The van der Waals surface area contributed by atoms with Gasteiger partial charge >= 0.3 is 19.8 Å². The van der Waals surface area contributed by atoms with Crippen LogP contribution in [0.25, 0.3) is 0 Å². The molecule has 0 aliphatic rings. The van der Waals surface area contributed by atoms with Crippen molar-refractivity contribution < 1.29 is 42.7 Å². The van der Waals surface area contributed by atoms with Crippen molar-refractivity contribution in [3.63, 3.8) is 0 Å². The van der Waals surface area contributed by atoms with Gasteiger partial charge in [0.05, 0.1) is 19.3 Å². The van der Waals surface area contributed by atoms with Crippen LogP contribution in [0.5, 0.6) is 0 Å². The van der Waals surface area contributed by atoms with Crippen molar-refractivity contribution in [1.82, 2.24) is 0 Å². The molecule has 0 aliphatic heterocycles. The maximum atomic E-state index is 12.5. The molecule has 1 unspecified atom stereocenters. The summed E-state index contributed by atoms with van der Waals surface area (Å²) in [5.74, 6) is -0.917. The van der Waals surface area contributed by atoms with E-state index in [1.807, 2.05) is 18.2 Å². The molecule has 0 bridgehead atoms. The molecule has 0 aliphatic carbocycles. The molecule has 0 aromatic heterocycles. The zero-order valence-electron chi connectivity index (χ0n) is 32.6. The molecular formula is C41H74NO9P. The van der Waals surface area contributed by atoms with Crippen molar-refractivity contribution in [3.8, 4) is 0 Å². The van der Waals surface area contributed by atoms with Gasteiger partial charge in [-0.25, -0.2) is 4.57 Å². The van der Waals surface area contributed by atoms with Crippen molar-refractivity contribution in [1.29, 1.82) is 0 Å². The summed E-state index contributed by atoms with van der Waals surface area (Å²) >= 11 is 0. The molecule has 0 aromatic carbocycles. The maximum Gasteiger partial charge on any atom is 0.472 e. The Morgan fingerprint density at radius 1 is 0.654 bits per heavy atom. The highest BCUT2D eigenvalue weighted by atomic mass is 31.2. The summed E-state index contributed by atoms with van der Waals surface area (Å²) in [4.78, 5) is 34.7. The number of allylic oxidation sites excluding steroid dienone is 7. The van der Waals surface area contributed by atoms with Crippen molar-refractivity contribution in [2.45, 2.75) is 174 Å². The molecule has 0 saturated heterocycles. The molecule has 11 heteroatoms. The molecule has 0 fully saturated rings. The summed E-state index contributed by atoms with van der Waals surface area (Å²) in [6, 6.07) is 0. The van der Waals surface area contributed by atoms with Crippen LogP contribution in [0.3, 0.4) is 0 Å². The number of unbranched alkanes of at least 4 members (excludes halogenated alkanes) is 14. The first-order valence-corrected chi connectivity index (χ1v) is 21.7. The third-order valence-corrected chi connectivity index (χ3v) is 9.27. The number of hydrogen-bond acceptors (Lipinski definition) is 9. The number of carbonyl (C=O) groups excluding carboxylic acids is 2. The van der Waals surface area contributed by atoms with Crippen LogP contribution in [-0.4, -0.2) is 60.5 Å².